The number of hydrogen-bond acceptors (Lipinski definition) is 7. The molecule has 7 heteroatoms. The molecule has 128 valence electrons. The molecule has 0 radical (unpaired) electrons. The van der Waals surface area contributed by atoms with Crippen molar-refractivity contribution in [2.24, 2.45) is 0 Å². The molecule has 3 aromatic rings. The minimum Gasteiger partial charge on any atom is -0.352 e. The maximum Gasteiger partial charge on any atom is 0.147 e. The number of aromatic nitrogens is 4. The molecule has 3 aromatic heterocycles. The van der Waals surface area contributed by atoms with Crippen LogP contribution in [0.1, 0.15) is 23.3 Å². The minimum atomic E-state index is 0.941. The Morgan fingerprint density at radius 3 is 2.56 bits per heavy atom. The fourth-order valence-corrected chi connectivity index (χ4v) is 5.14. The molecule has 0 saturated carbocycles. The molecule has 0 bridgehead atoms. The second-order valence-electron chi connectivity index (χ2n) is 6.63. The summed E-state index contributed by atoms with van der Waals surface area (Å²) in [5.41, 5.74) is 1.51. The number of hydrogen-bond donors (Lipinski definition) is 0. The van der Waals surface area contributed by atoms with Crippen molar-refractivity contribution in [1.82, 2.24) is 19.9 Å². The van der Waals surface area contributed by atoms with E-state index < -0.39 is 0 Å². The smallest absolute Gasteiger partial charge is 0.147 e. The van der Waals surface area contributed by atoms with Gasteiger partial charge in [0, 0.05) is 43.4 Å². The van der Waals surface area contributed by atoms with Crippen molar-refractivity contribution in [3.63, 3.8) is 0 Å². The first-order valence-electron chi connectivity index (χ1n) is 8.91. The highest BCUT2D eigenvalue weighted by atomic mass is 32.1. The number of aryl methyl sites for hydroxylation is 2. The summed E-state index contributed by atoms with van der Waals surface area (Å²) in [5.74, 6) is 2.09. The maximum absolute atomic E-state index is 4.68. The van der Waals surface area contributed by atoms with Crippen LogP contribution in [-0.2, 0) is 12.8 Å². The van der Waals surface area contributed by atoms with E-state index in [9.17, 15) is 0 Å². The second kappa shape index (κ2) is 6.22. The Labute approximate surface area is 150 Å². The van der Waals surface area contributed by atoms with E-state index in [-0.39, 0.29) is 0 Å². The van der Waals surface area contributed by atoms with Gasteiger partial charge in [-0.1, -0.05) is 0 Å². The fraction of sp³-hybridized carbons (Fsp3) is 0.444. The summed E-state index contributed by atoms with van der Waals surface area (Å²) in [6, 6.07) is 0. The summed E-state index contributed by atoms with van der Waals surface area (Å²) in [5, 5.41) is 1.31. The Morgan fingerprint density at radius 2 is 1.72 bits per heavy atom. The summed E-state index contributed by atoms with van der Waals surface area (Å²) in [4.78, 5) is 25.2. The first-order chi connectivity index (χ1) is 12.4. The molecule has 25 heavy (non-hydrogen) atoms. The van der Waals surface area contributed by atoms with Crippen molar-refractivity contribution in [1.29, 1.82) is 0 Å². The Balaban J connectivity index is 1.44. The summed E-state index contributed by atoms with van der Waals surface area (Å²) in [6.07, 6.45) is 12.0. The molecule has 0 unspecified atom stereocenters. The van der Waals surface area contributed by atoms with E-state index in [1.807, 2.05) is 17.5 Å². The standard InChI is InChI=1S/C18H20N6S/c1-2-4-14-13(3-1)16-17(21-12-22-18(16)25-14)24-9-7-23(8-10-24)15-11-19-5-6-20-15/h5-6,11-12H,1-4,7-10H2. The highest BCUT2D eigenvalue weighted by Crippen LogP contribution is 2.39. The van der Waals surface area contributed by atoms with Crippen molar-refractivity contribution in [2.45, 2.75) is 25.7 Å². The first kappa shape index (κ1) is 15.0. The third-order valence-electron chi connectivity index (χ3n) is 5.18. The van der Waals surface area contributed by atoms with E-state index >= 15 is 0 Å². The molecule has 1 fully saturated rings. The van der Waals surface area contributed by atoms with Gasteiger partial charge in [0.05, 0.1) is 11.6 Å². The molecule has 0 spiro atoms. The molecule has 4 heterocycles. The minimum absolute atomic E-state index is 0.941. The van der Waals surface area contributed by atoms with Gasteiger partial charge in [-0.2, -0.15) is 0 Å². The van der Waals surface area contributed by atoms with Gasteiger partial charge in [0.2, 0.25) is 0 Å². The lowest BCUT2D eigenvalue weighted by Crippen LogP contribution is -2.47. The zero-order valence-electron chi connectivity index (χ0n) is 14.1. The number of piperazine rings is 1. The van der Waals surface area contributed by atoms with Gasteiger partial charge in [0.15, 0.2) is 0 Å². The summed E-state index contributed by atoms with van der Waals surface area (Å²) >= 11 is 1.87. The highest BCUT2D eigenvalue weighted by Gasteiger charge is 2.25. The van der Waals surface area contributed by atoms with Gasteiger partial charge in [0.25, 0.3) is 0 Å². The van der Waals surface area contributed by atoms with Crippen LogP contribution in [0.2, 0.25) is 0 Å². The van der Waals surface area contributed by atoms with Crippen LogP contribution >= 0.6 is 11.3 Å². The van der Waals surface area contributed by atoms with Crippen LogP contribution in [0.5, 0.6) is 0 Å². The monoisotopic (exact) mass is 352 g/mol. The normalized spacial score (nSPS) is 17.8. The summed E-state index contributed by atoms with van der Waals surface area (Å²) in [6.45, 7) is 3.79. The van der Waals surface area contributed by atoms with Crippen LogP contribution in [0.3, 0.4) is 0 Å². The molecule has 0 aromatic carbocycles. The van der Waals surface area contributed by atoms with Gasteiger partial charge in [-0.25, -0.2) is 15.0 Å². The average Bonchev–Trinajstić information content (AvgIpc) is 3.08. The topological polar surface area (TPSA) is 58.0 Å². The Morgan fingerprint density at radius 1 is 0.880 bits per heavy atom. The molecule has 0 N–H and O–H groups in total. The lowest BCUT2D eigenvalue weighted by atomic mass is 9.97. The molecular formula is C18H20N6S. The molecule has 2 aliphatic rings. The number of rotatable bonds is 2. The van der Waals surface area contributed by atoms with Gasteiger partial charge in [-0.05, 0) is 31.2 Å². The first-order valence-corrected chi connectivity index (χ1v) is 9.73. The van der Waals surface area contributed by atoms with Gasteiger partial charge in [-0.15, -0.1) is 11.3 Å². The third kappa shape index (κ3) is 2.63. The van der Waals surface area contributed by atoms with E-state index in [4.69, 9.17) is 0 Å². The summed E-state index contributed by atoms with van der Waals surface area (Å²) < 4.78 is 0. The predicted molar refractivity (Wildman–Crippen MR) is 101 cm³/mol. The molecule has 5 rings (SSSR count). The molecular weight excluding hydrogens is 332 g/mol. The van der Waals surface area contributed by atoms with Crippen molar-refractivity contribution in [3.05, 3.63) is 35.4 Å². The second-order valence-corrected chi connectivity index (χ2v) is 7.71. The number of thiophene rings is 1. The van der Waals surface area contributed by atoms with E-state index in [1.54, 1.807) is 18.7 Å². The Hall–Kier alpha value is -2.28. The third-order valence-corrected chi connectivity index (χ3v) is 6.38. The van der Waals surface area contributed by atoms with Crippen molar-refractivity contribution in [3.8, 4) is 0 Å². The van der Waals surface area contributed by atoms with Crippen LogP contribution in [0, 0.1) is 0 Å². The van der Waals surface area contributed by atoms with Gasteiger partial charge in [0.1, 0.15) is 22.8 Å². The van der Waals surface area contributed by atoms with Crippen LogP contribution in [0.25, 0.3) is 10.2 Å². The predicted octanol–water partition coefficient (Wildman–Crippen LogP) is 2.69. The molecule has 1 aliphatic carbocycles. The van der Waals surface area contributed by atoms with E-state index in [1.165, 1.54) is 41.5 Å². The van der Waals surface area contributed by atoms with Crippen molar-refractivity contribution < 1.29 is 0 Å². The largest absolute Gasteiger partial charge is 0.352 e. The van der Waals surface area contributed by atoms with Crippen LogP contribution in [0.15, 0.2) is 24.9 Å². The Bertz CT molecular complexity index is 885. The molecule has 0 amide bonds. The van der Waals surface area contributed by atoms with E-state index in [2.05, 4.69) is 29.7 Å². The Kier molecular flexibility index (Phi) is 3.73. The molecule has 1 saturated heterocycles. The quantitative estimate of drug-likeness (QED) is 0.707. The number of fused-ring (bicyclic) bond motifs is 3. The van der Waals surface area contributed by atoms with Crippen molar-refractivity contribution >= 4 is 33.2 Å². The lowest BCUT2D eigenvalue weighted by Gasteiger charge is -2.36. The van der Waals surface area contributed by atoms with Crippen LogP contribution in [0.4, 0.5) is 11.6 Å². The van der Waals surface area contributed by atoms with Crippen LogP contribution < -0.4 is 9.80 Å². The van der Waals surface area contributed by atoms with Gasteiger partial charge < -0.3 is 9.80 Å². The molecule has 6 nitrogen and oxygen atoms in total. The van der Waals surface area contributed by atoms with Gasteiger partial charge >= 0.3 is 0 Å². The van der Waals surface area contributed by atoms with Crippen molar-refractivity contribution in [2.75, 3.05) is 36.0 Å². The maximum atomic E-state index is 4.68. The zero-order valence-corrected chi connectivity index (χ0v) is 14.9. The van der Waals surface area contributed by atoms with Crippen LogP contribution in [-0.4, -0.2) is 46.1 Å². The van der Waals surface area contributed by atoms with Gasteiger partial charge in [-0.3, -0.25) is 4.98 Å². The number of anilines is 2. The zero-order chi connectivity index (χ0) is 16.6. The molecule has 0 atom stereocenters. The fourth-order valence-electron chi connectivity index (χ4n) is 3.92. The number of nitrogens with zero attached hydrogens (tertiary/aromatic N) is 6. The average molecular weight is 352 g/mol. The lowest BCUT2D eigenvalue weighted by molar-refractivity contribution is 0.641. The molecule has 1 aliphatic heterocycles. The summed E-state index contributed by atoms with van der Waals surface area (Å²) in [7, 11) is 0. The SMILES string of the molecule is c1cnc(N2CCN(c3ncnc4sc5c(c34)CCCC5)CC2)cn1. The van der Waals surface area contributed by atoms with E-state index in [0.29, 0.717) is 0 Å². The highest BCUT2D eigenvalue weighted by molar-refractivity contribution is 7.19. The van der Waals surface area contributed by atoms with E-state index in [0.717, 1.165) is 42.6 Å².